The average molecular weight is 303 g/mol. The summed E-state index contributed by atoms with van der Waals surface area (Å²) in [6.45, 7) is 2.85. The zero-order valence-corrected chi connectivity index (χ0v) is 12.2. The summed E-state index contributed by atoms with van der Waals surface area (Å²) < 4.78 is 11.2. The number of nitrogens with one attached hydrogen (secondary N) is 1. The molecule has 2 fully saturated rings. The van der Waals surface area contributed by atoms with Crippen LogP contribution in [-0.4, -0.2) is 50.1 Å². The third-order valence-electron chi connectivity index (χ3n) is 3.95. The van der Waals surface area contributed by atoms with Crippen molar-refractivity contribution in [1.82, 2.24) is 25.0 Å². The largest absolute Gasteiger partial charge is 0.362 e. The molecule has 2 aromatic rings. The molecule has 0 bridgehead atoms. The van der Waals surface area contributed by atoms with Crippen LogP contribution in [0.1, 0.15) is 54.0 Å². The first kappa shape index (κ1) is 13.4. The van der Waals surface area contributed by atoms with Crippen LogP contribution < -0.4 is 0 Å². The zero-order chi connectivity index (χ0) is 15.1. The molecular formula is C14H17N5O3. The van der Waals surface area contributed by atoms with E-state index in [-0.39, 0.29) is 18.1 Å². The smallest absolute Gasteiger partial charge is 0.272 e. The summed E-state index contributed by atoms with van der Waals surface area (Å²) in [7, 11) is 0. The fourth-order valence-corrected chi connectivity index (χ4v) is 2.68. The molecule has 0 unspecified atom stereocenters. The van der Waals surface area contributed by atoms with Crippen molar-refractivity contribution < 1.29 is 14.1 Å². The van der Waals surface area contributed by atoms with E-state index in [2.05, 4.69) is 20.1 Å². The monoisotopic (exact) mass is 303 g/mol. The lowest BCUT2D eigenvalue weighted by atomic mass is 10.2. The van der Waals surface area contributed by atoms with E-state index >= 15 is 0 Å². The van der Waals surface area contributed by atoms with Gasteiger partial charge in [-0.1, -0.05) is 5.16 Å². The second kappa shape index (κ2) is 5.20. The van der Waals surface area contributed by atoms with Crippen LogP contribution in [0.2, 0.25) is 0 Å². The highest BCUT2D eigenvalue weighted by Gasteiger charge is 2.35. The topological polar surface area (TPSA) is 97.1 Å². The Bertz CT molecular complexity index is 664. The number of carbonyl (C=O) groups is 1. The summed E-state index contributed by atoms with van der Waals surface area (Å²) in [6.07, 6.45) is 4.78. The Morgan fingerprint density at radius 1 is 1.41 bits per heavy atom. The Hall–Kier alpha value is -2.22. The maximum absolute atomic E-state index is 12.4. The van der Waals surface area contributed by atoms with E-state index in [1.807, 2.05) is 6.92 Å². The standard InChI is InChI=1S/C14H17N5O3/c1-8-5-19(14(20)10-4-15-7-16-10)6-11(21-8)13-17-12(18-22-13)9-2-3-9/h4,7-9,11H,2-3,5-6H2,1H3,(H,15,16)/t8-,11-/m1/s1. The van der Waals surface area contributed by atoms with Crippen molar-refractivity contribution in [3.8, 4) is 0 Å². The minimum absolute atomic E-state index is 0.0955. The van der Waals surface area contributed by atoms with Gasteiger partial charge in [0.2, 0.25) is 0 Å². The fourth-order valence-electron chi connectivity index (χ4n) is 2.68. The molecule has 1 aliphatic carbocycles. The van der Waals surface area contributed by atoms with Gasteiger partial charge in [-0.05, 0) is 19.8 Å². The molecular weight excluding hydrogens is 286 g/mol. The lowest BCUT2D eigenvalue weighted by molar-refractivity contribution is -0.0811. The maximum Gasteiger partial charge on any atom is 0.272 e. The van der Waals surface area contributed by atoms with Crippen molar-refractivity contribution in [2.75, 3.05) is 13.1 Å². The summed E-state index contributed by atoms with van der Waals surface area (Å²) in [4.78, 5) is 25.3. The van der Waals surface area contributed by atoms with Gasteiger partial charge in [0.25, 0.3) is 11.8 Å². The first-order valence-electron chi connectivity index (χ1n) is 7.47. The number of rotatable bonds is 3. The highest BCUT2D eigenvalue weighted by Crippen LogP contribution is 2.39. The minimum atomic E-state index is -0.379. The molecule has 4 rings (SSSR count). The van der Waals surface area contributed by atoms with Gasteiger partial charge in [-0.3, -0.25) is 4.79 Å². The van der Waals surface area contributed by atoms with E-state index in [0.717, 1.165) is 18.7 Å². The molecule has 8 nitrogen and oxygen atoms in total. The van der Waals surface area contributed by atoms with Crippen LogP contribution in [0.4, 0.5) is 0 Å². The van der Waals surface area contributed by atoms with Crippen molar-refractivity contribution >= 4 is 5.91 Å². The molecule has 0 aromatic carbocycles. The Balaban J connectivity index is 1.51. The first-order valence-corrected chi connectivity index (χ1v) is 7.47. The van der Waals surface area contributed by atoms with E-state index < -0.39 is 0 Å². The number of aromatic amines is 1. The number of amides is 1. The van der Waals surface area contributed by atoms with Crippen LogP contribution in [0.3, 0.4) is 0 Å². The molecule has 8 heteroatoms. The Labute approximate surface area is 126 Å². The number of nitrogens with zero attached hydrogens (tertiary/aromatic N) is 4. The van der Waals surface area contributed by atoms with Crippen molar-refractivity contribution in [3.05, 3.63) is 29.9 Å². The summed E-state index contributed by atoms with van der Waals surface area (Å²) in [5.74, 6) is 1.54. The van der Waals surface area contributed by atoms with Crippen molar-refractivity contribution in [3.63, 3.8) is 0 Å². The Kier molecular flexibility index (Phi) is 3.18. The molecule has 1 saturated heterocycles. The SMILES string of the molecule is C[C@@H]1CN(C(=O)c2cnc[nH]2)C[C@H](c2nc(C3CC3)no2)O1. The van der Waals surface area contributed by atoms with Crippen LogP contribution in [0, 0.1) is 0 Å². The fraction of sp³-hybridized carbons (Fsp3) is 0.571. The average Bonchev–Trinajstić information content (AvgIpc) is 3.04. The predicted molar refractivity (Wildman–Crippen MR) is 74.1 cm³/mol. The molecule has 0 spiro atoms. The zero-order valence-electron chi connectivity index (χ0n) is 12.2. The van der Waals surface area contributed by atoms with E-state index in [1.165, 1.54) is 12.5 Å². The van der Waals surface area contributed by atoms with Crippen LogP contribution in [0.25, 0.3) is 0 Å². The quantitative estimate of drug-likeness (QED) is 0.917. The number of carbonyl (C=O) groups excluding carboxylic acids is 1. The van der Waals surface area contributed by atoms with Gasteiger partial charge in [-0.15, -0.1) is 0 Å². The van der Waals surface area contributed by atoms with E-state index in [4.69, 9.17) is 9.26 Å². The highest BCUT2D eigenvalue weighted by atomic mass is 16.5. The molecule has 1 aliphatic heterocycles. The van der Waals surface area contributed by atoms with Crippen LogP contribution in [-0.2, 0) is 4.74 Å². The number of aromatic nitrogens is 4. The van der Waals surface area contributed by atoms with E-state index in [9.17, 15) is 4.79 Å². The molecule has 116 valence electrons. The second-order valence-electron chi connectivity index (χ2n) is 5.88. The lowest BCUT2D eigenvalue weighted by Gasteiger charge is -2.34. The van der Waals surface area contributed by atoms with Gasteiger partial charge < -0.3 is 19.1 Å². The normalized spacial score (nSPS) is 25.4. The molecule has 2 aromatic heterocycles. The number of ether oxygens (including phenoxy) is 1. The number of morpholine rings is 1. The third-order valence-corrected chi connectivity index (χ3v) is 3.95. The summed E-state index contributed by atoms with van der Waals surface area (Å²) in [5, 5.41) is 4.01. The molecule has 0 radical (unpaired) electrons. The van der Waals surface area contributed by atoms with Gasteiger partial charge in [-0.25, -0.2) is 4.98 Å². The second-order valence-corrected chi connectivity index (χ2v) is 5.88. The van der Waals surface area contributed by atoms with Gasteiger partial charge in [0.1, 0.15) is 5.69 Å². The highest BCUT2D eigenvalue weighted by molar-refractivity contribution is 5.92. The molecule has 22 heavy (non-hydrogen) atoms. The van der Waals surface area contributed by atoms with Gasteiger partial charge in [-0.2, -0.15) is 4.98 Å². The van der Waals surface area contributed by atoms with Crippen molar-refractivity contribution in [2.45, 2.75) is 37.9 Å². The van der Waals surface area contributed by atoms with Crippen LogP contribution >= 0.6 is 0 Å². The summed E-state index contributed by atoms with van der Waals surface area (Å²) in [5.41, 5.74) is 0.469. The first-order chi connectivity index (χ1) is 10.7. The molecule has 1 saturated carbocycles. The van der Waals surface area contributed by atoms with Crippen molar-refractivity contribution in [1.29, 1.82) is 0 Å². The molecule has 2 atom stereocenters. The number of H-pyrrole nitrogens is 1. The number of hydrogen-bond donors (Lipinski definition) is 1. The van der Waals surface area contributed by atoms with Crippen molar-refractivity contribution in [2.24, 2.45) is 0 Å². The third kappa shape index (κ3) is 2.50. The predicted octanol–water partition coefficient (Wildman–Crippen LogP) is 1.27. The molecule has 1 amide bonds. The van der Waals surface area contributed by atoms with Gasteiger partial charge in [0, 0.05) is 12.5 Å². The molecule has 3 heterocycles. The summed E-state index contributed by atoms with van der Waals surface area (Å²) in [6, 6.07) is 0. The molecule has 1 N–H and O–H groups in total. The van der Waals surface area contributed by atoms with Gasteiger partial charge in [0.15, 0.2) is 11.9 Å². The maximum atomic E-state index is 12.4. The van der Waals surface area contributed by atoms with Crippen LogP contribution in [0.5, 0.6) is 0 Å². The Morgan fingerprint density at radius 2 is 2.27 bits per heavy atom. The number of imidazole rings is 1. The van der Waals surface area contributed by atoms with E-state index in [1.54, 1.807) is 4.90 Å². The van der Waals surface area contributed by atoms with E-state index in [0.29, 0.717) is 30.6 Å². The van der Waals surface area contributed by atoms with Gasteiger partial charge in [0.05, 0.1) is 25.2 Å². The van der Waals surface area contributed by atoms with Crippen LogP contribution in [0.15, 0.2) is 17.0 Å². The molecule has 2 aliphatic rings. The minimum Gasteiger partial charge on any atom is -0.362 e. The summed E-state index contributed by atoms with van der Waals surface area (Å²) >= 11 is 0. The number of hydrogen-bond acceptors (Lipinski definition) is 6. The lowest BCUT2D eigenvalue weighted by Crippen LogP contribution is -2.46. The van der Waals surface area contributed by atoms with Gasteiger partial charge >= 0.3 is 0 Å². The Morgan fingerprint density at radius 3 is 3.00 bits per heavy atom.